The number of hydrogen-bond donors (Lipinski definition) is 0. The first-order valence-corrected chi connectivity index (χ1v) is 4.74. The molecule has 0 aliphatic heterocycles. The van der Waals surface area contributed by atoms with Crippen molar-refractivity contribution in [2.75, 3.05) is 11.9 Å². The molecule has 2 heterocycles. The zero-order valence-electron chi connectivity index (χ0n) is 8.54. The van der Waals surface area contributed by atoms with E-state index in [-0.39, 0.29) is 0 Å². The van der Waals surface area contributed by atoms with Crippen molar-refractivity contribution >= 4 is 5.95 Å². The topological polar surface area (TPSA) is 41.9 Å². The van der Waals surface area contributed by atoms with Gasteiger partial charge in [0.1, 0.15) is 0 Å². The molecule has 0 bridgehead atoms. The van der Waals surface area contributed by atoms with Gasteiger partial charge in [0.25, 0.3) is 0 Å². The van der Waals surface area contributed by atoms with Gasteiger partial charge in [0, 0.05) is 25.6 Å². The first-order valence-electron chi connectivity index (χ1n) is 4.74. The number of anilines is 1. The van der Waals surface area contributed by atoms with Gasteiger partial charge >= 0.3 is 0 Å². The maximum Gasteiger partial charge on any atom is 0.225 e. The van der Waals surface area contributed by atoms with Crippen LogP contribution in [0.5, 0.6) is 0 Å². The molecule has 0 amide bonds. The smallest absolute Gasteiger partial charge is 0.225 e. The second-order valence-electron chi connectivity index (χ2n) is 3.23. The highest BCUT2D eigenvalue weighted by atomic mass is 15.2. The van der Waals surface area contributed by atoms with Crippen molar-refractivity contribution in [3.8, 4) is 0 Å². The van der Waals surface area contributed by atoms with Crippen molar-refractivity contribution in [1.29, 1.82) is 0 Å². The van der Waals surface area contributed by atoms with Crippen LogP contribution in [0.4, 0.5) is 5.95 Å². The minimum absolute atomic E-state index is 0.711. The van der Waals surface area contributed by atoms with Crippen LogP contribution in [0.25, 0.3) is 0 Å². The van der Waals surface area contributed by atoms with Crippen LogP contribution in [0.1, 0.15) is 5.69 Å². The molecule has 0 radical (unpaired) electrons. The Balaban J connectivity index is 2.08. The van der Waals surface area contributed by atoms with Gasteiger partial charge in [0.2, 0.25) is 5.95 Å². The lowest BCUT2D eigenvalue weighted by molar-refractivity contribution is 0.841. The van der Waals surface area contributed by atoms with E-state index in [1.165, 1.54) is 0 Å². The Kier molecular flexibility index (Phi) is 2.88. The van der Waals surface area contributed by atoms with Crippen LogP contribution < -0.4 is 4.90 Å². The van der Waals surface area contributed by atoms with Crippen molar-refractivity contribution in [2.24, 2.45) is 0 Å². The third-order valence-corrected chi connectivity index (χ3v) is 2.02. The first-order chi connectivity index (χ1) is 7.36. The van der Waals surface area contributed by atoms with Crippen molar-refractivity contribution in [1.82, 2.24) is 15.0 Å². The third-order valence-electron chi connectivity index (χ3n) is 2.02. The largest absolute Gasteiger partial charge is 0.338 e. The van der Waals surface area contributed by atoms with Crippen LogP contribution in [0.3, 0.4) is 0 Å². The van der Waals surface area contributed by atoms with Gasteiger partial charge in [0.15, 0.2) is 0 Å². The second-order valence-corrected chi connectivity index (χ2v) is 3.23. The standard InChI is InChI=1S/C11H12N4/c1-15(11-13-7-4-8-14-11)9-10-5-2-3-6-12-10/h2-8H,9H2,1H3. The highest BCUT2D eigenvalue weighted by molar-refractivity contribution is 5.27. The summed E-state index contributed by atoms with van der Waals surface area (Å²) in [4.78, 5) is 14.5. The van der Waals surface area contributed by atoms with Crippen molar-refractivity contribution < 1.29 is 0 Å². The number of nitrogens with zero attached hydrogens (tertiary/aromatic N) is 4. The van der Waals surface area contributed by atoms with Crippen molar-refractivity contribution in [3.63, 3.8) is 0 Å². The summed E-state index contributed by atoms with van der Waals surface area (Å²) < 4.78 is 0. The molecule has 2 aromatic heterocycles. The van der Waals surface area contributed by atoms with Crippen LogP contribution >= 0.6 is 0 Å². The maximum atomic E-state index is 4.25. The fourth-order valence-electron chi connectivity index (χ4n) is 1.29. The Morgan fingerprint density at radius 3 is 2.40 bits per heavy atom. The van der Waals surface area contributed by atoms with Gasteiger partial charge in [-0.3, -0.25) is 4.98 Å². The van der Waals surface area contributed by atoms with Gasteiger partial charge in [-0.05, 0) is 18.2 Å². The zero-order chi connectivity index (χ0) is 10.5. The average molecular weight is 200 g/mol. The molecule has 0 aliphatic rings. The van der Waals surface area contributed by atoms with Gasteiger partial charge in [-0.15, -0.1) is 0 Å². The van der Waals surface area contributed by atoms with Gasteiger partial charge in [-0.2, -0.15) is 0 Å². The van der Waals surface area contributed by atoms with Crippen LogP contribution in [0, 0.1) is 0 Å². The lowest BCUT2D eigenvalue weighted by atomic mass is 10.3. The fraction of sp³-hybridized carbons (Fsp3) is 0.182. The van der Waals surface area contributed by atoms with E-state index in [4.69, 9.17) is 0 Å². The fourth-order valence-corrected chi connectivity index (χ4v) is 1.29. The molecule has 0 unspecified atom stereocenters. The third kappa shape index (κ3) is 2.49. The summed E-state index contributed by atoms with van der Waals surface area (Å²) in [6.07, 6.45) is 5.25. The summed E-state index contributed by atoms with van der Waals surface area (Å²) in [6, 6.07) is 7.67. The van der Waals surface area contributed by atoms with Crippen LogP contribution in [0.2, 0.25) is 0 Å². The molecule has 15 heavy (non-hydrogen) atoms. The van der Waals surface area contributed by atoms with Crippen LogP contribution in [0.15, 0.2) is 42.9 Å². The Labute approximate surface area is 88.6 Å². The molecule has 0 saturated carbocycles. The van der Waals surface area contributed by atoms with E-state index in [0.717, 1.165) is 5.69 Å². The molecule has 0 saturated heterocycles. The normalized spacial score (nSPS) is 9.93. The van der Waals surface area contributed by atoms with Crippen LogP contribution in [-0.4, -0.2) is 22.0 Å². The number of aromatic nitrogens is 3. The monoisotopic (exact) mass is 200 g/mol. The van der Waals surface area contributed by atoms with Crippen LogP contribution in [-0.2, 0) is 6.54 Å². The first kappa shape index (κ1) is 9.58. The molecule has 2 rings (SSSR count). The Hall–Kier alpha value is -1.97. The quantitative estimate of drug-likeness (QED) is 0.753. The molecule has 0 atom stereocenters. The summed E-state index contributed by atoms with van der Waals surface area (Å²) in [7, 11) is 1.95. The number of hydrogen-bond acceptors (Lipinski definition) is 4. The van der Waals surface area contributed by atoms with E-state index >= 15 is 0 Å². The van der Waals surface area contributed by atoms with Gasteiger partial charge in [-0.1, -0.05) is 6.07 Å². The molecule has 0 N–H and O–H groups in total. The maximum absolute atomic E-state index is 4.25. The molecule has 0 fully saturated rings. The van der Waals surface area contributed by atoms with E-state index < -0.39 is 0 Å². The average Bonchev–Trinajstić information content (AvgIpc) is 2.31. The zero-order valence-corrected chi connectivity index (χ0v) is 8.54. The second kappa shape index (κ2) is 4.50. The molecular formula is C11H12N4. The highest BCUT2D eigenvalue weighted by Gasteiger charge is 2.03. The van der Waals surface area contributed by atoms with E-state index in [2.05, 4.69) is 15.0 Å². The Morgan fingerprint density at radius 1 is 1.00 bits per heavy atom. The summed E-state index contributed by atoms with van der Waals surface area (Å²) in [5, 5.41) is 0. The summed E-state index contributed by atoms with van der Waals surface area (Å²) in [5.74, 6) is 0.711. The summed E-state index contributed by atoms with van der Waals surface area (Å²) >= 11 is 0. The van der Waals surface area contributed by atoms with Gasteiger partial charge < -0.3 is 4.90 Å². The van der Waals surface area contributed by atoms with E-state index in [1.807, 2.05) is 30.1 Å². The highest BCUT2D eigenvalue weighted by Crippen LogP contribution is 2.06. The predicted octanol–water partition coefficient (Wildman–Crippen LogP) is 1.51. The van der Waals surface area contributed by atoms with Crippen molar-refractivity contribution in [2.45, 2.75) is 6.54 Å². The minimum Gasteiger partial charge on any atom is -0.338 e. The number of pyridine rings is 1. The molecule has 0 spiro atoms. The molecule has 2 aromatic rings. The van der Waals surface area contributed by atoms with E-state index in [9.17, 15) is 0 Å². The molecule has 4 heteroatoms. The Morgan fingerprint density at radius 2 is 1.73 bits per heavy atom. The molecule has 0 aromatic carbocycles. The Bertz CT molecular complexity index is 401. The van der Waals surface area contributed by atoms with E-state index in [1.54, 1.807) is 24.7 Å². The van der Waals surface area contributed by atoms with E-state index in [0.29, 0.717) is 12.5 Å². The molecule has 0 aliphatic carbocycles. The predicted molar refractivity (Wildman–Crippen MR) is 58.4 cm³/mol. The summed E-state index contributed by atoms with van der Waals surface area (Å²) in [6.45, 7) is 0.713. The molecule has 4 nitrogen and oxygen atoms in total. The minimum atomic E-state index is 0.711. The lowest BCUT2D eigenvalue weighted by Crippen LogP contribution is -2.19. The molecule has 76 valence electrons. The van der Waals surface area contributed by atoms with Gasteiger partial charge in [0.05, 0.1) is 12.2 Å². The lowest BCUT2D eigenvalue weighted by Gasteiger charge is -2.15. The van der Waals surface area contributed by atoms with Gasteiger partial charge in [-0.25, -0.2) is 9.97 Å². The summed E-state index contributed by atoms with van der Waals surface area (Å²) in [5.41, 5.74) is 1.01. The number of rotatable bonds is 3. The van der Waals surface area contributed by atoms with Crippen molar-refractivity contribution in [3.05, 3.63) is 48.5 Å². The molecular weight excluding hydrogens is 188 g/mol. The SMILES string of the molecule is CN(Cc1ccccn1)c1ncccn1.